The van der Waals surface area contributed by atoms with E-state index in [9.17, 15) is 4.79 Å². The van der Waals surface area contributed by atoms with Crippen molar-refractivity contribution in [3.63, 3.8) is 0 Å². The van der Waals surface area contributed by atoms with Crippen molar-refractivity contribution in [2.75, 3.05) is 30.9 Å². The Morgan fingerprint density at radius 1 is 1.12 bits per heavy atom. The Hall–Kier alpha value is -2.40. The minimum Gasteiger partial charge on any atom is -0.385 e. The van der Waals surface area contributed by atoms with Crippen LogP contribution in [-0.2, 0) is 10.2 Å². The van der Waals surface area contributed by atoms with Gasteiger partial charge in [-0.15, -0.1) is 0 Å². The molecule has 2 rings (SSSR count). The Bertz CT molecular complexity index is 674. The highest BCUT2D eigenvalue weighted by molar-refractivity contribution is 6.04. The molecule has 5 nitrogen and oxygen atoms in total. The van der Waals surface area contributed by atoms with E-state index in [1.165, 1.54) is 5.56 Å². The fourth-order valence-electron chi connectivity index (χ4n) is 2.32. The number of carbonyl (C=O) groups excluding carboxylic acids is 1. The molecule has 0 atom stereocenters. The quantitative estimate of drug-likeness (QED) is 0.745. The molecule has 0 fully saturated rings. The standard InChI is InChI=1S/C20H27N3O2/c1-20(2,3)16-7-9-17(10-8-16)23-19(24)15-6-11-18(22-14-15)21-12-5-13-25-4/h6-11,14H,5,12-13H2,1-4H3,(H,21,22)(H,23,24). The van der Waals surface area contributed by atoms with Gasteiger partial charge in [0.25, 0.3) is 5.91 Å². The third kappa shape index (κ3) is 5.87. The number of rotatable bonds is 7. The molecule has 0 aliphatic carbocycles. The lowest BCUT2D eigenvalue weighted by atomic mass is 9.87. The maximum atomic E-state index is 12.3. The topological polar surface area (TPSA) is 63.2 Å². The first kappa shape index (κ1) is 18.9. The zero-order chi connectivity index (χ0) is 18.3. The van der Waals surface area contributed by atoms with Crippen LogP contribution in [0.2, 0.25) is 0 Å². The first-order chi connectivity index (χ1) is 11.9. The van der Waals surface area contributed by atoms with Crippen molar-refractivity contribution in [2.24, 2.45) is 0 Å². The number of nitrogens with zero attached hydrogens (tertiary/aromatic N) is 1. The van der Waals surface area contributed by atoms with Gasteiger partial charge >= 0.3 is 0 Å². The summed E-state index contributed by atoms with van der Waals surface area (Å²) < 4.78 is 5.00. The molecule has 1 aromatic carbocycles. The molecule has 5 heteroatoms. The van der Waals surface area contributed by atoms with Gasteiger partial charge < -0.3 is 15.4 Å². The number of carbonyl (C=O) groups is 1. The number of pyridine rings is 1. The van der Waals surface area contributed by atoms with Crippen LogP contribution in [-0.4, -0.2) is 31.2 Å². The Labute approximate surface area is 149 Å². The second-order valence-corrected chi connectivity index (χ2v) is 6.99. The molecular formula is C20H27N3O2. The maximum absolute atomic E-state index is 12.3. The normalized spacial score (nSPS) is 11.2. The molecule has 0 saturated heterocycles. The molecular weight excluding hydrogens is 314 g/mol. The van der Waals surface area contributed by atoms with Crippen LogP contribution in [0.15, 0.2) is 42.6 Å². The zero-order valence-electron chi connectivity index (χ0n) is 15.4. The summed E-state index contributed by atoms with van der Waals surface area (Å²) in [4.78, 5) is 16.6. The Morgan fingerprint density at radius 2 is 1.84 bits per heavy atom. The molecule has 134 valence electrons. The van der Waals surface area contributed by atoms with Gasteiger partial charge in [-0.05, 0) is 41.7 Å². The molecule has 0 unspecified atom stereocenters. The molecule has 1 aromatic heterocycles. The predicted octanol–water partition coefficient (Wildman–Crippen LogP) is 4.08. The Morgan fingerprint density at radius 3 is 2.40 bits per heavy atom. The molecule has 0 saturated carbocycles. The van der Waals surface area contributed by atoms with Crippen LogP contribution in [0.5, 0.6) is 0 Å². The SMILES string of the molecule is COCCCNc1ccc(C(=O)Nc2ccc(C(C)(C)C)cc2)cn1. The number of amides is 1. The molecule has 2 N–H and O–H groups in total. The third-order valence-electron chi connectivity index (χ3n) is 3.87. The highest BCUT2D eigenvalue weighted by Gasteiger charge is 2.13. The Balaban J connectivity index is 1.92. The largest absolute Gasteiger partial charge is 0.385 e. The predicted molar refractivity (Wildman–Crippen MR) is 102 cm³/mol. The monoisotopic (exact) mass is 341 g/mol. The van der Waals surface area contributed by atoms with Gasteiger partial charge in [-0.1, -0.05) is 32.9 Å². The molecule has 1 amide bonds. The molecule has 0 radical (unpaired) electrons. The van der Waals surface area contributed by atoms with Gasteiger partial charge in [-0.2, -0.15) is 0 Å². The third-order valence-corrected chi connectivity index (χ3v) is 3.87. The van der Waals surface area contributed by atoms with Gasteiger partial charge in [0.05, 0.1) is 5.56 Å². The van der Waals surface area contributed by atoms with Gasteiger partial charge in [-0.25, -0.2) is 4.98 Å². The average Bonchev–Trinajstić information content (AvgIpc) is 2.59. The summed E-state index contributed by atoms with van der Waals surface area (Å²) in [7, 11) is 1.68. The van der Waals surface area contributed by atoms with Crippen LogP contribution >= 0.6 is 0 Å². The number of nitrogens with one attached hydrogen (secondary N) is 2. The van der Waals surface area contributed by atoms with E-state index >= 15 is 0 Å². The van der Waals surface area contributed by atoms with Crippen LogP contribution in [0.25, 0.3) is 0 Å². The zero-order valence-corrected chi connectivity index (χ0v) is 15.4. The molecule has 25 heavy (non-hydrogen) atoms. The summed E-state index contributed by atoms with van der Waals surface area (Å²) in [6, 6.07) is 11.5. The van der Waals surface area contributed by atoms with E-state index in [-0.39, 0.29) is 11.3 Å². The maximum Gasteiger partial charge on any atom is 0.257 e. The molecule has 0 aliphatic heterocycles. The second-order valence-electron chi connectivity index (χ2n) is 6.99. The lowest BCUT2D eigenvalue weighted by molar-refractivity contribution is 0.102. The van der Waals surface area contributed by atoms with Crippen molar-refractivity contribution in [1.29, 1.82) is 0 Å². The van der Waals surface area contributed by atoms with Gasteiger partial charge in [-0.3, -0.25) is 4.79 Å². The van der Waals surface area contributed by atoms with Crippen LogP contribution in [0.4, 0.5) is 11.5 Å². The highest BCUT2D eigenvalue weighted by atomic mass is 16.5. The van der Waals surface area contributed by atoms with E-state index in [2.05, 4.69) is 36.4 Å². The number of hydrogen-bond donors (Lipinski definition) is 2. The van der Waals surface area contributed by atoms with Gasteiger partial charge in [0.2, 0.25) is 0 Å². The molecule has 1 heterocycles. The van der Waals surface area contributed by atoms with Gasteiger partial charge in [0, 0.05) is 32.1 Å². The van der Waals surface area contributed by atoms with Gasteiger partial charge in [0.15, 0.2) is 0 Å². The van der Waals surface area contributed by atoms with E-state index in [0.29, 0.717) is 12.2 Å². The van der Waals surface area contributed by atoms with Crippen LogP contribution in [0.3, 0.4) is 0 Å². The number of methoxy groups -OCH3 is 1. The van der Waals surface area contributed by atoms with E-state index in [1.54, 1.807) is 19.4 Å². The van der Waals surface area contributed by atoms with E-state index < -0.39 is 0 Å². The summed E-state index contributed by atoms with van der Waals surface area (Å²) in [6.45, 7) is 7.99. The lowest BCUT2D eigenvalue weighted by Crippen LogP contribution is -2.14. The van der Waals surface area contributed by atoms with Crippen LogP contribution in [0.1, 0.15) is 43.1 Å². The van der Waals surface area contributed by atoms with Gasteiger partial charge in [0.1, 0.15) is 5.82 Å². The number of benzene rings is 1. The molecule has 0 aliphatic rings. The van der Waals surface area contributed by atoms with Crippen LogP contribution in [0, 0.1) is 0 Å². The van der Waals surface area contributed by atoms with E-state index in [4.69, 9.17) is 4.74 Å². The highest BCUT2D eigenvalue weighted by Crippen LogP contribution is 2.23. The fourth-order valence-corrected chi connectivity index (χ4v) is 2.32. The van der Waals surface area contributed by atoms with Crippen molar-refractivity contribution in [3.8, 4) is 0 Å². The summed E-state index contributed by atoms with van der Waals surface area (Å²) in [5, 5.41) is 6.09. The van der Waals surface area contributed by atoms with E-state index in [0.717, 1.165) is 24.5 Å². The fraction of sp³-hybridized carbons (Fsp3) is 0.400. The molecule has 2 aromatic rings. The van der Waals surface area contributed by atoms with Crippen molar-refractivity contribution in [3.05, 3.63) is 53.7 Å². The number of ether oxygens (including phenoxy) is 1. The summed E-state index contributed by atoms with van der Waals surface area (Å²) in [5.41, 5.74) is 2.64. The second kappa shape index (κ2) is 8.62. The van der Waals surface area contributed by atoms with Crippen molar-refractivity contribution < 1.29 is 9.53 Å². The molecule has 0 bridgehead atoms. The summed E-state index contributed by atoms with van der Waals surface area (Å²) >= 11 is 0. The molecule has 0 spiro atoms. The number of aromatic nitrogens is 1. The van der Waals surface area contributed by atoms with Crippen molar-refractivity contribution in [1.82, 2.24) is 4.98 Å². The average molecular weight is 341 g/mol. The first-order valence-corrected chi connectivity index (χ1v) is 8.51. The Kier molecular flexibility index (Phi) is 6.53. The minimum absolute atomic E-state index is 0.0958. The number of hydrogen-bond acceptors (Lipinski definition) is 4. The van der Waals surface area contributed by atoms with E-state index in [1.807, 2.05) is 30.3 Å². The lowest BCUT2D eigenvalue weighted by Gasteiger charge is -2.19. The van der Waals surface area contributed by atoms with Crippen LogP contribution < -0.4 is 10.6 Å². The summed E-state index contributed by atoms with van der Waals surface area (Å²) in [6.07, 6.45) is 2.49. The summed E-state index contributed by atoms with van der Waals surface area (Å²) in [5.74, 6) is 0.587. The smallest absolute Gasteiger partial charge is 0.257 e. The first-order valence-electron chi connectivity index (χ1n) is 8.51. The minimum atomic E-state index is -0.165. The number of anilines is 2. The van der Waals surface area contributed by atoms with Crippen molar-refractivity contribution >= 4 is 17.4 Å². The van der Waals surface area contributed by atoms with Crippen molar-refractivity contribution in [2.45, 2.75) is 32.6 Å².